The number of carbonyl (C=O) groups is 1. The zero-order valence-corrected chi connectivity index (χ0v) is 10.8. The Hall–Kier alpha value is -1.60. The van der Waals surface area contributed by atoms with Crippen LogP contribution in [0.1, 0.15) is 6.92 Å². The summed E-state index contributed by atoms with van der Waals surface area (Å²) >= 11 is 1.25. The summed E-state index contributed by atoms with van der Waals surface area (Å²) in [6.07, 6.45) is 1.82. The summed E-state index contributed by atoms with van der Waals surface area (Å²) in [7, 11) is 1.24. The summed E-state index contributed by atoms with van der Waals surface area (Å²) in [5.41, 5.74) is -0.822. The number of methoxy groups -OCH3 is 1. The summed E-state index contributed by atoms with van der Waals surface area (Å²) in [5, 5.41) is 18.5. The lowest BCUT2D eigenvalue weighted by molar-refractivity contribution is -0.158. The van der Waals surface area contributed by atoms with Gasteiger partial charge in [0.05, 0.1) is 7.11 Å². The van der Waals surface area contributed by atoms with Crippen LogP contribution in [0, 0.1) is 0 Å². The van der Waals surface area contributed by atoms with E-state index < -0.39 is 11.6 Å². The van der Waals surface area contributed by atoms with Gasteiger partial charge in [-0.1, -0.05) is 17.8 Å². The Labute approximate surface area is 108 Å². The maximum atomic E-state index is 11.3. The van der Waals surface area contributed by atoms with E-state index in [1.807, 2.05) is 24.4 Å². The Morgan fingerprint density at radius 3 is 3.06 bits per heavy atom. The van der Waals surface area contributed by atoms with Crippen molar-refractivity contribution < 1.29 is 14.6 Å². The van der Waals surface area contributed by atoms with Crippen molar-refractivity contribution >= 4 is 23.4 Å². The van der Waals surface area contributed by atoms with E-state index in [-0.39, 0.29) is 5.75 Å². The van der Waals surface area contributed by atoms with Crippen molar-refractivity contribution in [3.8, 4) is 0 Å². The van der Waals surface area contributed by atoms with Gasteiger partial charge in [-0.2, -0.15) is 0 Å². The van der Waals surface area contributed by atoms with Crippen LogP contribution in [-0.4, -0.2) is 44.1 Å². The number of hydrogen-bond donors (Lipinski definition) is 1. The van der Waals surface area contributed by atoms with Crippen molar-refractivity contribution in [3.05, 3.63) is 24.4 Å². The maximum absolute atomic E-state index is 11.3. The molecule has 96 valence electrons. The molecule has 0 fully saturated rings. The number of aromatic nitrogens is 3. The molecule has 2 heterocycles. The fourth-order valence-electron chi connectivity index (χ4n) is 1.40. The second-order valence-electron chi connectivity index (χ2n) is 3.97. The molecule has 2 aromatic rings. The third-order valence-corrected chi connectivity index (χ3v) is 3.63. The number of ether oxygens (including phenoxy) is 1. The zero-order valence-electron chi connectivity index (χ0n) is 10.0. The first kappa shape index (κ1) is 12.8. The van der Waals surface area contributed by atoms with Crippen LogP contribution in [0.5, 0.6) is 0 Å². The van der Waals surface area contributed by atoms with Crippen molar-refractivity contribution in [1.82, 2.24) is 14.6 Å². The molecule has 1 atom stereocenters. The van der Waals surface area contributed by atoms with E-state index in [0.717, 1.165) is 5.65 Å². The molecule has 0 aromatic carbocycles. The monoisotopic (exact) mass is 267 g/mol. The van der Waals surface area contributed by atoms with Crippen molar-refractivity contribution in [2.45, 2.75) is 17.7 Å². The molecule has 6 nitrogen and oxygen atoms in total. The average molecular weight is 267 g/mol. The highest BCUT2D eigenvalue weighted by atomic mass is 32.2. The van der Waals surface area contributed by atoms with Gasteiger partial charge in [-0.3, -0.25) is 4.40 Å². The van der Waals surface area contributed by atoms with Gasteiger partial charge in [0.15, 0.2) is 16.4 Å². The van der Waals surface area contributed by atoms with Crippen LogP contribution in [0.4, 0.5) is 0 Å². The van der Waals surface area contributed by atoms with E-state index in [9.17, 15) is 9.90 Å². The fraction of sp³-hybridized carbons (Fsp3) is 0.364. The minimum absolute atomic E-state index is 0.148. The van der Waals surface area contributed by atoms with E-state index >= 15 is 0 Å². The van der Waals surface area contributed by atoms with Gasteiger partial charge in [-0.15, -0.1) is 10.2 Å². The predicted octanol–water partition coefficient (Wildman–Crippen LogP) is 0.745. The number of pyridine rings is 1. The predicted molar refractivity (Wildman–Crippen MR) is 66.4 cm³/mol. The minimum atomic E-state index is -1.54. The highest BCUT2D eigenvalue weighted by Gasteiger charge is 2.32. The number of hydrogen-bond acceptors (Lipinski definition) is 6. The van der Waals surface area contributed by atoms with E-state index in [2.05, 4.69) is 14.9 Å². The number of nitrogens with zero attached hydrogens (tertiary/aromatic N) is 3. The molecule has 2 rings (SSSR count). The molecule has 0 amide bonds. The Balaban J connectivity index is 2.13. The topological polar surface area (TPSA) is 76.7 Å². The average Bonchev–Trinajstić information content (AvgIpc) is 2.78. The first-order valence-electron chi connectivity index (χ1n) is 5.28. The summed E-state index contributed by atoms with van der Waals surface area (Å²) in [6.45, 7) is 1.41. The first-order valence-corrected chi connectivity index (χ1v) is 6.26. The standard InChI is InChI=1S/C11H13N3O3S/c1-11(16,9(15)17-2)7-18-10-13-12-8-5-3-4-6-14(8)10/h3-6,16H,7H2,1-2H3. The van der Waals surface area contributed by atoms with Gasteiger partial charge in [-0.05, 0) is 19.1 Å². The normalized spacial score (nSPS) is 14.4. The van der Waals surface area contributed by atoms with Crippen molar-refractivity contribution in [2.24, 2.45) is 0 Å². The molecule has 2 aromatic heterocycles. The van der Waals surface area contributed by atoms with Gasteiger partial charge < -0.3 is 9.84 Å². The van der Waals surface area contributed by atoms with Crippen LogP contribution < -0.4 is 0 Å². The summed E-state index contributed by atoms with van der Waals surface area (Å²) in [5.74, 6) is -0.515. The largest absolute Gasteiger partial charge is 0.467 e. The molecular weight excluding hydrogens is 254 g/mol. The van der Waals surface area contributed by atoms with E-state index in [0.29, 0.717) is 5.16 Å². The number of esters is 1. The van der Waals surface area contributed by atoms with Gasteiger partial charge in [0.2, 0.25) is 0 Å². The minimum Gasteiger partial charge on any atom is -0.467 e. The molecule has 0 aliphatic carbocycles. The Morgan fingerprint density at radius 2 is 2.33 bits per heavy atom. The van der Waals surface area contributed by atoms with Crippen LogP contribution in [0.2, 0.25) is 0 Å². The molecule has 0 aliphatic rings. The molecular formula is C11H13N3O3S. The van der Waals surface area contributed by atoms with E-state index in [4.69, 9.17) is 0 Å². The summed E-state index contributed by atoms with van der Waals surface area (Å²) in [4.78, 5) is 11.3. The van der Waals surface area contributed by atoms with Crippen LogP contribution in [0.3, 0.4) is 0 Å². The van der Waals surface area contributed by atoms with Crippen LogP contribution >= 0.6 is 11.8 Å². The van der Waals surface area contributed by atoms with Crippen LogP contribution in [0.15, 0.2) is 29.6 Å². The Kier molecular flexibility index (Phi) is 3.53. The lowest BCUT2D eigenvalue weighted by Gasteiger charge is -2.18. The zero-order chi connectivity index (χ0) is 13.2. The summed E-state index contributed by atoms with van der Waals surface area (Å²) in [6, 6.07) is 5.55. The number of aliphatic hydroxyl groups is 1. The Bertz CT molecular complexity index is 567. The van der Waals surface area contributed by atoms with Crippen LogP contribution in [-0.2, 0) is 9.53 Å². The number of fused-ring (bicyclic) bond motifs is 1. The van der Waals surface area contributed by atoms with Gasteiger partial charge in [0.25, 0.3) is 0 Å². The molecule has 0 saturated heterocycles. The lowest BCUT2D eigenvalue weighted by Crippen LogP contribution is -2.38. The molecule has 0 spiro atoms. The van der Waals surface area contributed by atoms with Gasteiger partial charge in [-0.25, -0.2) is 4.79 Å². The smallest absolute Gasteiger partial charge is 0.338 e. The van der Waals surface area contributed by atoms with Crippen LogP contribution in [0.25, 0.3) is 5.65 Å². The highest BCUT2D eigenvalue weighted by Crippen LogP contribution is 2.22. The molecule has 0 radical (unpaired) electrons. The molecule has 1 N–H and O–H groups in total. The Morgan fingerprint density at radius 1 is 1.56 bits per heavy atom. The van der Waals surface area contributed by atoms with E-state index in [1.54, 1.807) is 4.40 Å². The van der Waals surface area contributed by atoms with Gasteiger partial charge >= 0.3 is 5.97 Å². The maximum Gasteiger partial charge on any atom is 0.338 e. The number of rotatable bonds is 4. The third kappa shape index (κ3) is 2.46. The van der Waals surface area contributed by atoms with Gasteiger partial charge in [0, 0.05) is 11.9 Å². The van der Waals surface area contributed by atoms with Crippen molar-refractivity contribution in [3.63, 3.8) is 0 Å². The van der Waals surface area contributed by atoms with E-state index in [1.165, 1.54) is 25.8 Å². The second kappa shape index (κ2) is 4.95. The van der Waals surface area contributed by atoms with Crippen molar-refractivity contribution in [2.75, 3.05) is 12.9 Å². The molecule has 18 heavy (non-hydrogen) atoms. The molecule has 0 bridgehead atoms. The molecule has 0 aliphatic heterocycles. The number of carbonyl (C=O) groups excluding carboxylic acids is 1. The first-order chi connectivity index (χ1) is 8.54. The fourth-order valence-corrected chi connectivity index (χ4v) is 2.32. The second-order valence-corrected chi connectivity index (χ2v) is 4.91. The quantitative estimate of drug-likeness (QED) is 0.650. The molecule has 0 saturated carbocycles. The SMILES string of the molecule is COC(=O)C(C)(O)CSc1nnc2ccccn12. The number of thioether (sulfide) groups is 1. The van der Waals surface area contributed by atoms with Gasteiger partial charge in [0.1, 0.15) is 0 Å². The lowest BCUT2D eigenvalue weighted by atomic mass is 10.1. The van der Waals surface area contributed by atoms with Crippen molar-refractivity contribution in [1.29, 1.82) is 0 Å². The third-order valence-electron chi connectivity index (χ3n) is 2.39. The molecule has 1 unspecified atom stereocenters. The highest BCUT2D eigenvalue weighted by molar-refractivity contribution is 7.99. The molecule has 7 heteroatoms. The summed E-state index contributed by atoms with van der Waals surface area (Å²) < 4.78 is 6.32.